The summed E-state index contributed by atoms with van der Waals surface area (Å²) in [5.74, 6) is -1.24. The minimum Gasteiger partial charge on any atom is -0.480 e. The van der Waals surface area contributed by atoms with E-state index in [1.807, 2.05) is 55.6 Å². The normalized spacial score (nSPS) is 11.9. The van der Waals surface area contributed by atoms with E-state index in [0.29, 0.717) is 23.6 Å². The Morgan fingerprint density at radius 2 is 1.85 bits per heavy atom. The van der Waals surface area contributed by atoms with Crippen LogP contribution >= 0.6 is 22.9 Å². The van der Waals surface area contributed by atoms with Gasteiger partial charge in [-0.1, -0.05) is 55.8 Å². The Hall–Kier alpha value is -2.90. The second-order valence-corrected chi connectivity index (χ2v) is 9.44. The van der Waals surface area contributed by atoms with E-state index in [2.05, 4.69) is 17.1 Å². The van der Waals surface area contributed by atoms with Gasteiger partial charge in [0.2, 0.25) is 0 Å². The van der Waals surface area contributed by atoms with Crippen molar-refractivity contribution < 1.29 is 14.7 Å². The predicted molar refractivity (Wildman–Crippen MR) is 134 cm³/mol. The van der Waals surface area contributed by atoms with Gasteiger partial charge in [-0.15, -0.1) is 11.3 Å². The number of amides is 1. The highest BCUT2D eigenvalue weighted by atomic mass is 35.5. The lowest BCUT2D eigenvalue weighted by molar-refractivity contribution is -0.139. The third-order valence-corrected chi connectivity index (χ3v) is 6.43. The molecule has 2 N–H and O–H groups in total. The molecule has 8 heteroatoms. The molecule has 0 aliphatic carbocycles. The van der Waals surface area contributed by atoms with E-state index >= 15 is 0 Å². The maximum Gasteiger partial charge on any atom is 0.326 e. The van der Waals surface area contributed by atoms with E-state index in [9.17, 15) is 14.7 Å². The Morgan fingerprint density at radius 1 is 1.15 bits per heavy atom. The van der Waals surface area contributed by atoms with Gasteiger partial charge in [0.05, 0.1) is 5.69 Å². The number of benzene rings is 2. The van der Waals surface area contributed by atoms with Crippen molar-refractivity contribution in [3.63, 3.8) is 0 Å². The molecule has 0 spiro atoms. The summed E-state index contributed by atoms with van der Waals surface area (Å²) < 4.78 is 0. The second kappa shape index (κ2) is 11.3. The molecule has 0 saturated heterocycles. The highest BCUT2D eigenvalue weighted by molar-refractivity contribution is 7.14. The number of nitrogens with zero attached hydrogens (tertiary/aromatic N) is 2. The van der Waals surface area contributed by atoms with Crippen LogP contribution < -0.4 is 10.2 Å². The molecule has 1 heterocycles. The average Bonchev–Trinajstić information content (AvgIpc) is 3.27. The molecule has 6 nitrogen and oxygen atoms in total. The summed E-state index contributed by atoms with van der Waals surface area (Å²) in [6.45, 7) is 7.33. The minimum atomic E-state index is -1.02. The van der Waals surface area contributed by atoms with Crippen LogP contribution in [0.15, 0.2) is 53.9 Å². The van der Waals surface area contributed by atoms with E-state index in [1.165, 1.54) is 0 Å². The van der Waals surface area contributed by atoms with Crippen molar-refractivity contribution >= 4 is 39.9 Å². The molecule has 3 rings (SSSR count). The van der Waals surface area contributed by atoms with Gasteiger partial charge < -0.3 is 15.3 Å². The van der Waals surface area contributed by atoms with Crippen LogP contribution in [0, 0.1) is 5.92 Å². The topological polar surface area (TPSA) is 82.5 Å². The van der Waals surface area contributed by atoms with Gasteiger partial charge in [-0.3, -0.25) is 4.79 Å². The zero-order valence-corrected chi connectivity index (χ0v) is 20.5. The van der Waals surface area contributed by atoms with Crippen LogP contribution in [0.4, 0.5) is 5.13 Å². The number of aromatic nitrogens is 1. The van der Waals surface area contributed by atoms with Crippen LogP contribution in [0.25, 0.3) is 11.3 Å². The van der Waals surface area contributed by atoms with E-state index in [1.54, 1.807) is 23.5 Å². The Balaban J connectivity index is 1.68. The van der Waals surface area contributed by atoms with Gasteiger partial charge in [0.15, 0.2) is 5.13 Å². The number of halogens is 1. The first-order valence-electron chi connectivity index (χ1n) is 10.9. The molecule has 2 aromatic carbocycles. The number of carbonyl (C=O) groups is 2. The first-order valence-corrected chi connectivity index (χ1v) is 12.1. The molecule has 1 unspecified atom stereocenters. The van der Waals surface area contributed by atoms with Crippen LogP contribution in [0.2, 0.25) is 5.02 Å². The number of carboxylic acid groups (broad SMARTS) is 1. The van der Waals surface area contributed by atoms with Crippen molar-refractivity contribution in [2.45, 2.75) is 39.8 Å². The first-order chi connectivity index (χ1) is 15.8. The number of nitrogens with one attached hydrogen (secondary N) is 1. The zero-order chi connectivity index (χ0) is 24.0. The van der Waals surface area contributed by atoms with Crippen molar-refractivity contribution in [3.05, 3.63) is 70.1 Å². The highest BCUT2D eigenvalue weighted by Crippen LogP contribution is 2.32. The summed E-state index contributed by atoms with van der Waals surface area (Å²) in [5, 5.41) is 15.5. The third-order valence-electron chi connectivity index (χ3n) is 5.19. The lowest BCUT2D eigenvalue weighted by Crippen LogP contribution is -2.41. The number of carbonyl (C=O) groups excluding carboxylic acids is 1. The molecule has 0 aliphatic heterocycles. The Labute approximate surface area is 203 Å². The molecule has 1 aromatic heterocycles. The molecule has 0 aliphatic rings. The average molecular weight is 486 g/mol. The molecule has 0 radical (unpaired) electrons. The highest BCUT2D eigenvalue weighted by Gasteiger charge is 2.22. The number of carboxylic acids is 1. The van der Waals surface area contributed by atoms with Crippen LogP contribution in [-0.2, 0) is 11.3 Å². The van der Waals surface area contributed by atoms with Crippen molar-refractivity contribution in [3.8, 4) is 11.3 Å². The molecule has 1 amide bonds. The fraction of sp³-hybridized carbons (Fsp3) is 0.320. The van der Waals surface area contributed by atoms with Gasteiger partial charge in [0.25, 0.3) is 5.91 Å². The maximum absolute atomic E-state index is 12.5. The summed E-state index contributed by atoms with van der Waals surface area (Å²) in [6, 6.07) is 14.0. The number of hydrogen-bond donors (Lipinski definition) is 2. The van der Waals surface area contributed by atoms with E-state index < -0.39 is 12.0 Å². The first kappa shape index (κ1) is 24.7. The van der Waals surface area contributed by atoms with Crippen LogP contribution in [0.3, 0.4) is 0 Å². The lowest BCUT2D eigenvalue weighted by Gasteiger charge is -2.20. The van der Waals surface area contributed by atoms with Crippen LogP contribution in [0.5, 0.6) is 0 Å². The minimum absolute atomic E-state index is 0.165. The van der Waals surface area contributed by atoms with Crippen molar-refractivity contribution in [2.75, 3.05) is 11.4 Å². The molecule has 174 valence electrons. The standard InChI is InChI=1S/C25H28ClN3O3S/c1-4-29(25-28-22(15-33-25)19-7-5-6-8-20(19)26)14-17-9-11-18(12-10-17)23(30)27-21(24(31)32)13-16(2)3/h5-12,15-16,21H,4,13-14H2,1-3H3,(H,27,30)(H,31,32). The number of anilines is 1. The largest absolute Gasteiger partial charge is 0.480 e. The van der Waals surface area contributed by atoms with E-state index in [-0.39, 0.29) is 11.8 Å². The number of hydrogen-bond acceptors (Lipinski definition) is 5. The van der Waals surface area contributed by atoms with Gasteiger partial charge in [-0.2, -0.15) is 0 Å². The Kier molecular flexibility index (Phi) is 8.47. The van der Waals surface area contributed by atoms with Crippen molar-refractivity contribution in [1.82, 2.24) is 10.3 Å². The SMILES string of the molecule is CCN(Cc1ccc(C(=O)NC(CC(C)C)C(=O)O)cc1)c1nc(-c2ccccc2Cl)cs1. The van der Waals surface area contributed by atoms with Crippen LogP contribution in [0.1, 0.15) is 43.1 Å². The molecule has 0 saturated carbocycles. The molecule has 3 aromatic rings. The summed E-state index contributed by atoms with van der Waals surface area (Å²) in [4.78, 5) is 30.9. The fourth-order valence-corrected chi connectivity index (χ4v) is 4.56. The smallest absolute Gasteiger partial charge is 0.326 e. The molecule has 1 atom stereocenters. The number of rotatable bonds is 10. The van der Waals surface area contributed by atoms with Gasteiger partial charge >= 0.3 is 5.97 Å². The van der Waals surface area contributed by atoms with Crippen LogP contribution in [-0.4, -0.2) is 34.6 Å². The third kappa shape index (κ3) is 6.55. The maximum atomic E-state index is 12.5. The number of aliphatic carboxylic acids is 1. The summed E-state index contributed by atoms with van der Waals surface area (Å²) >= 11 is 7.87. The lowest BCUT2D eigenvalue weighted by atomic mass is 10.0. The van der Waals surface area contributed by atoms with Crippen molar-refractivity contribution in [2.24, 2.45) is 5.92 Å². The molecule has 0 fully saturated rings. The van der Waals surface area contributed by atoms with Gasteiger partial charge in [-0.05, 0) is 43.0 Å². The molecular weight excluding hydrogens is 458 g/mol. The van der Waals surface area contributed by atoms with Gasteiger partial charge in [0, 0.05) is 34.6 Å². The Bertz CT molecular complexity index is 1100. The molecule has 33 heavy (non-hydrogen) atoms. The van der Waals surface area contributed by atoms with E-state index in [4.69, 9.17) is 16.6 Å². The molecule has 0 bridgehead atoms. The predicted octanol–water partition coefficient (Wildman–Crippen LogP) is 5.72. The summed E-state index contributed by atoms with van der Waals surface area (Å²) in [6.07, 6.45) is 0.384. The summed E-state index contributed by atoms with van der Waals surface area (Å²) in [5.41, 5.74) is 3.22. The monoisotopic (exact) mass is 485 g/mol. The van der Waals surface area contributed by atoms with Gasteiger partial charge in [0.1, 0.15) is 6.04 Å². The quantitative estimate of drug-likeness (QED) is 0.384. The fourth-order valence-electron chi connectivity index (χ4n) is 3.43. The van der Waals surface area contributed by atoms with Gasteiger partial charge in [-0.25, -0.2) is 9.78 Å². The summed E-state index contributed by atoms with van der Waals surface area (Å²) in [7, 11) is 0. The Morgan fingerprint density at radius 3 is 2.45 bits per heavy atom. The zero-order valence-electron chi connectivity index (χ0n) is 18.9. The number of thiazole rings is 1. The second-order valence-electron chi connectivity index (χ2n) is 8.20. The van der Waals surface area contributed by atoms with E-state index in [0.717, 1.165) is 28.5 Å². The van der Waals surface area contributed by atoms with Crippen molar-refractivity contribution in [1.29, 1.82) is 0 Å². The molecular formula is C25H28ClN3O3S.